The summed E-state index contributed by atoms with van der Waals surface area (Å²) in [5.74, 6) is -1.06. The number of hydrogen-bond donors (Lipinski definition) is 1. The molecule has 0 amide bonds. The third kappa shape index (κ3) is 2.94. The van der Waals surface area contributed by atoms with Gasteiger partial charge in [0.05, 0.1) is 18.8 Å². The lowest BCUT2D eigenvalue weighted by Crippen LogP contribution is -2.49. The van der Waals surface area contributed by atoms with E-state index in [2.05, 4.69) is 4.90 Å². The molecule has 2 rings (SSSR count). The van der Waals surface area contributed by atoms with E-state index < -0.39 is 17.7 Å². The van der Waals surface area contributed by atoms with E-state index >= 15 is 0 Å². The SMILES string of the molecule is CCCN1CCOC(CN)C1c1c(F)cccc1F. The molecule has 1 saturated heterocycles. The number of morpholine rings is 1. The zero-order valence-corrected chi connectivity index (χ0v) is 11.1. The Balaban J connectivity index is 2.39. The molecule has 0 radical (unpaired) electrons. The molecule has 1 aromatic rings. The molecule has 5 heteroatoms. The summed E-state index contributed by atoms with van der Waals surface area (Å²) in [5, 5.41) is 0. The van der Waals surface area contributed by atoms with Gasteiger partial charge in [0.2, 0.25) is 0 Å². The van der Waals surface area contributed by atoms with Crippen molar-refractivity contribution in [3.05, 3.63) is 35.4 Å². The van der Waals surface area contributed by atoms with Gasteiger partial charge < -0.3 is 10.5 Å². The van der Waals surface area contributed by atoms with Gasteiger partial charge in [0.1, 0.15) is 11.6 Å². The van der Waals surface area contributed by atoms with Crippen LogP contribution in [0.4, 0.5) is 8.78 Å². The molecule has 2 unspecified atom stereocenters. The molecule has 1 aromatic carbocycles. The minimum Gasteiger partial charge on any atom is -0.374 e. The minimum absolute atomic E-state index is 0.0751. The average molecular weight is 270 g/mol. The van der Waals surface area contributed by atoms with Gasteiger partial charge in [-0.15, -0.1) is 0 Å². The molecule has 1 aliphatic heterocycles. The molecular weight excluding hydrogens is 250 g/mol. The predicted octanol–water partition coefficient (Wildman–Crippen LogP) is 2.08. The van der Waals surface area contributed by atoms with Crippen LogP contribution >= 0.6 is 0 Å². The number of benzene rings is 1. The van der Waals surface area contributed by atoms with Crippen LogP contribution in [0.15, 0.2) is 18.2 Å². The summed E-state index contributed by atoms with van der Waals surface area (Å²) < 4.78 is 33.6. The monoisotopic (exact) mass is 270 g/mol. The van der Waals surface area contributed by atoms with Crippen LogP contribution in [0, 0.1) is 11.6 Å². The molecule has 1 fully saturated rings. The number of nitrogens with zero attached hydrogens (tertiary/aromatic N) is 1. The van der Waals surface area contributed by atoms with Crippen molar-refractivity contribution in [1.29, 1.82) is 0 Å². The van der Waals surface area contributed by atoms with E-state index in [0.29, 0.717) is 13.2 Å². The molecule has 1 aliphatic rings. The Morgan fingerprint density at radius 1 is 1.37 bits per heavy atom. The van der Waals surface area contributed by atoms with Crippen LogP contribution in [0.5, 0.6) is 0 Å². The van der Waals surface area contributed by atoms with E-state index in [0.717, 1.165) is 13.0 Å². The van der Waals surface area contributed by atoms with Crippen LogP contribution in [0.25, 0.3) is 0 Å². The minimum atomic E-state index is -0.532. The van der Waals surface area contributed by atoms with Crippen LogP contribution in [-0.4, -0.2) is 37.2 Å². The lowest BCUT2D eigenvalue weighted by atomic mass is 9.96. The summed E-state index contributed by atoms with van der Waals surface area (Å²) in [6.07, 6.45) is 0.552. The highest BCUT2D eigenvalue weighted by molar-refractivity contribution is 5.25. The second-order valence-electron chi connectivity index (χ2n) is 4.76. The van der Waals surface area contributed by atoms with Crippen LogP contribution < -0.4 is 5.73 Å². The van der Waals surface area contributed by atoms with Gasteiger partial charge in [-0.2, -0.15) is 0 Å². The molecule has 1 heterocycles. The first-order valence-corrected chi connectivity index (χ1v) is 6.68. The zero-order chi connectivity index (χ0) is 13.8. The van der Waals surface area contributed by atoms with E-state index in [1.165, 1.54) is 18.2 Å². The molecular formula is C14H20F2N2O. The number of rotatable bonds is 4. The molecule has 2 atom stereocenters. The summed E-state index contributed by atoms with van der Waals surface area (Å²) in [6, 6.07) is 3.49. The third-order valence-corrected chi connectivity index (χ3v) is 3.49. The van der Waals surface area contributed by atoms with Crippen molar-refractivity contribution in [3.63, 3.8) is 0 Å². The standard InChI is InChI=1S/C14H20F2N2O/c1-2-6-18-7-8-19-12(9-17)14(18)13-10(15)4-3-5-11(13)16/h3-5,12,14H,2,6-9,17H2,1H3. The first kappa shape index (κ1) is 14.4. The molecule has 0 spiro atoms. The lowest BCUT2D eigenvalue weighted by molar-refractivity contribution is -0.0697. The second kappa shape index (κ2) is 6.41. The molecule has 0 bridgehead atoms. The Hall–Kier alpha value is -1.04. The van der Waals surface area contributed by atoms with Gasteiger partial charge in [-0.25, -0.2) is 8.78 Å². The van der Waals surface area contributed by atoms with Crippen molar-refractivity contribution < 1.29 is 13.5 Å². The van der Waals surface area contributed by atoms with Gasteiger partial charge in [0.15, 0.2) is 0 Å². The maximum absolute atomic E-state index is 14.0. The third-order valence-electron chi connectivity index (χ3n) is 3.49. The fraction of sp³-hybridized carbons (Fsp3) is 0.571. The van der Waals surface area contributed by atoms with Crippen LogP contribution in [0.2, 0.25) is 0 Å². The first-order valence-electron chi connectivity index (χ1n) is 6.68. The van der Waals surface area contributed by atoms with E-state index in [1.807, 2.05) is 6.92 Å². The van der Waals surface area contributed by atoms with Gasteiger partial charge in [0.25, 0.3) is 0 Å². The van der Waals surface area contributed by atoms with Crippen LogP contribution in [0.3, 0.4) is 0 Å². The number of nitrogens with two attached hydrogens (primary N) is 1. The molecule has 106 valence electrons. The van der Waals surface area contributed by atoms with E-state index in [-0.39, 0.29) is 18.2 Å². The molecule has 19 heavy (non-hydrogen) atoms. The van der Waals surface area contributed by atoms with Crippen molar-refractivity contribution >= 4 is 0 Å². The molecule has 0 saturated carbocycles. The topological polar surface area (TPSA) is 38.5 Å². The van der Waals surface area contributed by atoms with E-state index in [1.54, 1.807) is 0 Å². The summed E-state index contributed by atoms with van der Waals surface area (Å²) >= 11 is 0. The zero-order valence-electron chi connectivity index (χ0n) is 11.1. The van der Waals surface area contributed by atoms with Crippen LogP contribution in [0.1, 0.15) is 24.9 Å². The highest BCUT2D eigenvalue weighted by Crippen LogP contribution is 2.32. The summed E-state index contributed by atoms with van der Waals surface area (Å²) in [7, 11) is 0. The van der Waals surface area contributed by atoms with Crippen LogP contribution in [-0.2, 0) is 4.74 Å². The largest absolute Gasteiger partial charge is 0.374 e. The van der Waals surface area contributed by atoms with E-state index in [9.17, 15) is 8.78 Å². The summed E-state index contributed by atoms with van der Waals surface area (Å²) in [6.45, 7) is 4.29. The Morgan fingerprint density at radius 2 is 2.05 bits per heavy atom. The Morgan fingerprint density at radius 3 is 2.63 bits per heavy atom. The summed E-state index contributed by atoms with van der Waals surface area (Å²) in [4.78, 5) is 2.06. The smallest absolute Gasteiger partial charge is 0.131 e. The normalized spacial score (nSPS) is 24.6. The highest BCUT2D eigenvalue weighted by Gasteiger charge is 2.35. The predicted molar refractivity (Wildman–Crippen MR) is 69.8 cm³/mol. The van der Waals surface area contributed by atoms with Crippen molar-refractivity contribution in [3.8, 4) is 0 Å². The number of hydrogen-bond acceptors (Lipinski definition) is 3. The van der Waals surface area contributed by atoms with Crippen molar-refractivity contribution in [1.82, 2.24) is 4.90 Å². The summed E-state index contributed by atoms with van der Waals surface area (Å²) in [5.41, 5.74) is 5.77. The fourth-order valence-corrected chi connectivity index (χ4v) is 2.68. The van der Waals surface area contributed by atoms with E-state index in [4.69, 9.17) is 10.5 Å². The number of ether oxygens (including phenoxy) is 1. The van der Waals surface area contributed by atoms with Gasteiger partial charge in [-0.05, 0) is 25.1 Å². The van der Waals surface area contributed by atoms with Gasteiger partial charge in [-0.1, -0.05) is 13.0 Å². The number of halogens is 2. The van der Waals surface area contributed by atoms with Gasteiger partial charge in [0, 0.05) is 18.7 Å². The molecule has 0 aromatic heterocycles. The van der Waals surface area contributed by atoms with Crippen molar-refractivity contribution in [2.24, 2.45) is 5.73 Å². The van der Waals surface area contributed by atoms with Crippen molar-refractivity contribution in [2.75, 3.05) is 26.2 Å². The molecule has 3 nitrogen and oxygen atoms in total. The van der Waals surface area contributed by atoms with Crippen molar-refractivity contribution in [2.45, 2.75) is 25.5 Å². The highest BCUT2D eigenvalue weighted by atomic mass is 19.1. The lowest BCUT2D eigenvalue weighted by Gasteiger charge is -2.41. The second-order valence-corrected chi connectivity index (χ2v) is 4.76. The fourth-order valence-electron chi connectivity index (χ4n) is 2.68. The maximum Gasteiger partial charge on any atom is 0.131 e. The average Bonchev–Trinajstić information content (AvgIpc) is 2.40. The Bertz CT molecular complexity index is 406. The Labute approximate surface area is 112 Å². The molecule has 2 N–H and O–H groups in total. The molecule has 0 aliphatic carbocycles. The van der Waals surface area contributed by atoms with Gasteiger partial charge >= 0.3 is 0 Å². The quantitative estimate of drug-likeness (QED) is 0.910. The van der Waals surface area contributed by atoms with Gasteiger partial charge in [-0.3, -0.25) is 4.90 Å². The maximum atomic E-state index is 14.0. The Kier molecular flexibility index (Phi) is 4.85. The first-order chi connectivity index (χ1) is 9.19.